The van der Waals surface area contributed by atoms with Gasteiger partial charge in [-0.3, -0.25) is 0 Å². The quantitative estimate of drug-likeness (QED) is 0.169. The molecule has 1 spiro atoms. The molecule has 1 unspecified atom stereocenters. The van der Waals surface area contributed by atoms with Gasteiger partial charge in [0.25, 0.3) is 0 Å². The van der Waals surface area contributed by atoms with Gasteiger partial charge in [-0.1, -0.05) is 140 Å². The summed E-state index contributed by atoms with van der Waals surface area (Å²) in [6.07, 6.45) is 0. The zero-order valence-electron chi connectivity index (χ0n) is 31.6. The van der Waals surface area contributed by atoms with E-state index in [-0.39, 0.29) is 0 Å². The molecule has 272 valence electrons. The molecule has 0 saturated heterocycles. The minimum Gasteiger partial charge on any atom is -0.456 e. The van der Waals surface area contributed by atoms with Gasteiger partial charge in [-0.2, -0.15) is 0 Å². The van der Waals surface area contributed by atoms with Crippen molar-refractivity contribution in [2.24, 2.45) is 0 Å². The largest absolute Gasteiger partial charge is 0.456 e. The number of nitrogens with zero attached hydrogens (tertiary/aromatic N) is 2. The van der Waals surface area contributed by atoms with Crippen LogP contribution < -0.4 is 9.80 Å². The van der Waals surface area contributed by atoms with Crippen molar-refractivity contribution in [3.05, 3.63) is 241 Å². The van der Waals surface area contributed by atoms with Crippen molar-refractivity contribution in [3.63, 3.8) is 0 Å². The smallest absolute Gasteiger partial charge is 0.137 e. The second-order valence-electron chi connectivity index (χ2n) is 15.2. The Morgan fingerprint density at radius 1 is 0.310 bits per heavy atom. The van der Waals surface area contributed by atoms with Crippen LogP contribution in [0, 0.1) is 0 Å². The Kier molecular flexibility index (Phi) is 7.14. The third-order valence-corrected chi connectivity index (χ3v) is 12.2. The summed E-state index contributed by atoms with van der Waals surface area (Å²) in [6, 6.07) is 79.2. The highest BCUT2D eigenvalue weighted by atomic mass is 16.3. The molecule has 0 bridgehead atoms. The fourth-order valence-corrected chi connectivity index (χ4v) is 9.94. The highest BCUT2D eigenvalue weighted by Gasteiger charge is 2.52. The fourth-order valence-electron chi connectivity index (χ4n) is 9.94. The molecular weight excluding hydrogens is 705 g/mol. The van der Waals surface area contributed by atoms with E-state index in [0.29, 0.717) is 0 Å². The SMILES string of the molecule is c1ccc(N(c2ccccc2)c2ccc3c(c2)C2(c4ccccc4-3)c3ccccc3-c3ccc(N(c4ccccc4)c4cccc5oc6ccccc6c45)cc32)cc1. The normalized spacial score (nSPS) is 14.6. The fraction of sp³-hybridized carbons (Fsp3) is 0.0182. The van der Waals surface area contributed by atoms with Crippen LogP contribution in [0.5, 0.6) is 0 Å². The molecule has 1 atom stereocenters. The molecule has 58 heavy (non-hydrogen) atoms. The maximum absolute atomic E-state index is 6.45. The van der Waals surface area contributed by atoms with E-state index in [9.17, 15) is 0 Å². The van der Waals surface area contributed by atoms with Crippen LogP contribution in [0.2, 0.25) is 0 Å². The Hall–Kier alpha value is -7.62. The molecule has 12 rings (SSSR count). The third-order valence-electron chi connectivity index (χ3n) is 12.2. The number of hydrogen-bond acceptors (Lipinski definition) is 3. The van der Waals surface area contributed by atoms with E-state index in [0.717, 1.165) is 56.1 Å². The summed E-state index contributed by atoms with van der Waals surface area (Å²) in [7, 11) is 0. The van der Waals surface area contributed by atoms with E-state index in [1.165, 1.54) is 44.5 Å². The van der Waals surface area contributed by atoms with E-state index < -0.39 is 5.41 Å². The van der Waals surface area contributed by atoms with Gasteiger partial charge in [0.15, 0.2) is 0 Å². The number of benzene rings is 9. The zero-order valence-corrected chi connectivity index (χ0v) is 31.6. The average Bonchev–Trinajstić information content (AvgIpc) is 3.92. The van der Waals surface area contributed by atoms with Gasteiger partial charge >= 0.3 is 0 Å². The average molecular weight is 741 g/mol. The Labute approximate surface area is 337 Å². The number of anilines is 6. The Balaban J connectivity index is 1.14. The van der Waals surface area contributed by atoms with Crippen molar-refractivity contribution in [2.45, 2.75) is 5.41 Å². The number of hydrogen-bond donors (Lipinski definition) is 0. The Bertz CT molecular complexity index is 3140. The maximum atomic E-state index is 6.45. The summed E-state index contributed by atoms with van der Waals surface area (Å²) < 4.78 is 6.45. The summed E-state index contributed by atoms with van der Waals surface area (Å²) in [4.78, 5) is 4.79. The standard InChI is InChI=1S/C55H36N2O/c1-4-17-37(18-5-1)56(38-19-6-2-7-20-38)40-31-33-44-42-23-10-13-26-47(42)55(49(44)35-40)48-27-14-11-24-43(48)45-34-32-41(36-50(45)55)57(39-21-8-3-9-22-39)51-28-16-30-53-54(51)46-25-12-15-29-52(46)58-53/h1-36H. The second kappa shape index (κ2) is 12.7. The lowest BCUT2D eigenvalue weighted by molar-refractivity contribution is 0.669. The Morgan fingerprint density at radius 2 is 0.759 bits per heavy atom. The number of para-hydroxylation sites is 4. The summed E-state index contributed by atoms with van der Waals surface area (Å²) in [6.45, 7) is 0. The summed E-state index contributed by atoms with van der Waals surface area (Å²) in [5.41, 5.74) is 18.1. The monoisotopic (exact) mass is 740 g/mol. The molecule has 9 aromatic carbocycles. The van der Waals surface area contributed by atoms with E-state index in [1.54, 1.807) is 0 Å². The van der Waals surface area contributed by atoms with Crippen LogP contribution in [0.3, 0.4) is 0 Å². The van der Waals surface area contributed by atoms with Crippen LogP contribution >= 0.6 is 0 Å². The van der Waals surface area contributed by atoms with Crippen molar-refractivity contribution < 1.29 is 4.42 Å². The molecule has 0 amide bonds. The first kappa shape index (κ1) is 32.6. The highest BCUT2D eigenvalue weighted by molar-refractivity contribution is 6.13. The van der Waals surface area contributed by atoms with Crippen molar-refractivity contribution in [1.82, 2.24) is 0 Å². The van der Waals surface area contributed by atoms with Crippen molar-refractivity contribution in [3.8, 4) is 22.3 Å². The molecule has 3 nitrogen and oxygen atoms in total. The molecule has 0 saturated carbocycles. The lowest BCUT2D eigenvalue weighted by Crippen LogP contribution is -2.26. The molecule has 0 aliphatic heterocycles. The topological polar surface area (TPSA) is 19.6 Å². The van der Waals surface area contributed by atoms with Crippen LogP contribution in [0.1, 0.15) is 22.3 Å². The minimum absolute atomic E-state index is 0.556. The first-order valence-electron chi connectivity index (χ1n) is 19.9. The van der Waals surface area contributed by atoms with Gasteiger partial charge in [0, 0.05) is 33.8 Å². The number of fused-ring (bicyclic) bond motifs is 13. The van der Waals surface area contributed by atoms with Crippen LogP contribution in [-0.4, -0.2) is 0 Å². The van der Waals surface area contributed by atoms with E-state index in [4.69, 9.17) is 4.42 Å². The number of rotatable bonds is 6. The van der Waals surface area contributed by atoms with Crippen LogP contribution in [0.4, 0.5) is 34.1 Å². The first-order valence-corrected chi connectivity index (χ1v) is 19.9. The molecular formula is C55H36N2O. The predicted molar refractivity (Wildman–Crippen MR) is 239 cm³/mol. The minimum atomic E-state index is -0.556. The van der Waals surface area contributed by atoms with E-state index >= 15 is 0 Å². The van der Waals surface area contributed by atoms with Crippen LogP contribution in [0.15, 0.2) is 223 Å². The van der Waals surface area contributed by atoms with Crippen molar-refractivity contribution in [1.29, 1.82) is 0 Å². The zero-order chi connectivity index (χ0) is 38.2. The van der Waals surface area contributed by atoms with Gasteiger partial charge in [0.1, 0.15) is 11.2 Å². The Morgan fingerprint density at radius 3 is 1.34 bits per heavy atom. The van der Waals surface area contributed by atoms with Gasteiger partial charge in [0.2, 0.25) is 0 Å². The second-order valence-corrected chi connectivity index (χ2v) is 15.2. The third kappa shape index (κ3) is 4.62. The summed E-state index contributed by atoms with van der Waals surface area (Å²) in [5.74, 6) is 0. The van der Waals surface area contributed by atoms with Crippen molar-refractivity contribution in [2.75, 3.05) is 9.80 Å². The summed E-state index contributed by atoms with van der Waals surface area (Å²) in [5, 5.41) is 2.20. The first-order chi connectivity index (χ1) is 28.8. The lowest BCUT2D eigenvalue weighted by atomic mass is 9.70. The molecule has 0 radical (unpaired) electrons. The lowest BCUT2D eigenvalue weighted by Gasteiger charge is -2.33. The maximum Gasteiger partial charge on any atom is 0.137 e. The number of furan rings is 1. The molecule has 2 aliphatic carbocycles. The molecule has 2 aliphatic rings. The van der Waals surface area contributed by atoms with Gasteiger partial charge in [-0.15, -0.1) is 0 Å². The van der Waals surface area contributed by atoms with E-state index in [1.807, 2.05) is 6.07 Å². The van der Waals surface area contributed by atoms with Crippen LogP contribution in [0.25, 0.3) is 44.2 Å². The van der Waals surface area contributed by atoms with Gasteiger partial charge in [-0.25, -0.2) is 0 Å². The van der Waals surface area contributed by atoms with E-state index in [2.05, 4.69) is 222 Å². The van der Waals surface area contributed by atoms with Crippen LogP contribution in [-0.2, 0) is 5.41 Å². The molecule has 3 heteroatoms. The molecule has 10 aromatic rings. The molecule has 0 N–H and O–H groups in total. The van der Waals surface area contributed by atoms with Gasteiger partial charge < -0.3 is 14.2 Å². The molecule has 1 aromatic heterocycles. The van der Waals surface area contributed by atoms with Gasteiger partial charge in [-0.05, 0) is 123 Å². The molecule has 0 fully saturated rings. The highest BCUT2D eigenvalue weighted by Crippen LogP contribution is 2.64. The predicted octanol–water partition coefficient (Wildman–Crippen LogP) is 14.9. The molecule has 1 heterocycles. The summed E-state index contributed by atoms with van der Waals surface area (Å²) >= 11 is 0. The van der Waals surface area contributed by atoms with Crippen molar-refractivity contribution >= 4 is 56.1 Å². The van der Waals surface area contributed by atoms with Gasteiger partial charge in [0.05, 0.1) is 16.5 Å².